The van der Waals surface area contributed by atoms with Crippen LogP contribution >= 0.6 is 27.3 Å². The van der Waals surface area contributed by atoms with E-state index in [0.717, 1.165) is 11.3 Å². The molecule has 2 rings (SSSR count). The van der Waals surface area contributed by atoms with E-state index < -0.39 is 17.8 Å². The molecule has 1 N–H and O–H groups in total. The summed E-state index contributed by atoms with van der Waals surface area (Å²) in [5.74, 6) is -1.66. The molecule has 0 aliphatic rings. The van der Waals surface area contributed by atoms with Gasteiger partial charge in [-0.1, -0.05) is 6.92 Å². The van der Waals surface area contributed by atoms with Crippen LogP contribution in [0.3, 0.4) is 0 Å². The summed E-state index contributed by atoms with van der Waals surface area (Å²) in [7, 11) is 2.87. The summed E-state index contributed by atoms with van der Waals surface area (Å²) in [6, 6.07) is 0. The first kappa shape index (κ1) is 20.1. The Kier molecular flexibility index (Phi) is 6.54. The zero-order valence-corrected chi connectivity index (χ0v) is 17.1. The van der Waals surface area contributed by atoms with Crippen molar-refractivity contribution in [3.05, 3.63) is 32.4 Å². The maximum absolute atomic E-state index is 12.6. The van der Waals surface area contributed by atoms with Gasteiger partial charge in [0.25, 0.3) is 5.91 Å². The molecule has 0 bridgehead atoms. The van der Waals surface area contributed by atoms with Gasteiger partial charge in [0.2, 0.25) is 0 Å². The number of esters is 2. The molecule has 0 aliphatic heterocycles. The molecule has 1 amide bonds. The molecular formula is C16H18BrN3O5S. The predicted octanol–water partition coefficient (Wildman–Crippen LogP) is 3.16. The highest BCUT2D eigenvalue weighted by Crippen LogP contribution is 2.35. The molecule has 2 heterocycles. The lowest BCUT2D eigenvalue weighted by Crippen LogP contribution is -2.18. The Balaban J connectivity index is 2.44. The second-order valence-electron chi connectivity index (χ2n) is 5.31. The number of methoxy groups -OCH3 is 1. The maximum Gasteiger partial charge on any atom is 0.348 e. The zero-order chi connectivity index (χ0) is 19.4. The normalized spacial score (nSPS) is 10.5. The van der Waals surface area contributed by atoms with Crippen LogP contribution in [0.2, 0.25) is 0 Å². The Morgan fingerprint density at radius 2 is 2.04 bits per heavy atom. The fraction of sp³-hybridized carbons (Fsp3) is 0.375. The summed E-state index contributed by atoms with van der Waals surface area (Å²) in [4.78, 5) is 37.2. The van der Waals surface area contributed by atoms with Crippen molar-refractivity contribution in [2.45, 2.75) is 20.3 Å². The van der Waals surface area contributed by atoms with Crippen molar-refractivity contribution < 1.29 is 23.9 Å². The number of nitrogens with one attached hydrogen (secondary N) is 1. The van der Waals surface area contributed by atoms with Gasteiger partial charge in [-0.3, -0.25) is 9.48 Å². The van der Waals surface area contributed by atoms with Crippen LogP contribution in [0.5, 0.6) is 0 Å². The average Bonchev–Trinajstić information content (AvgIpc) is 3.11. The van der Waals surface area contributed by atoms with Crippen LogP contribution in [-0.4, -0.2) is 41.3 Å². The Bertz CT molecular complexity index is 839. The Morgan fingerprint density at radius 1 is 1.35 bits per heavy atom. The first-order chi connectivity index (χ1) is 12.3. The molecule has 8 nitrogen and oxygen atoms in total. The highest BCUT2D eigenvalue weighted by atomic mass is 79.9. The molecule has 2 aromatic heterocycles. The summed E-state index contributed by atoms with van der Waals surface area (Å²) in [6.07, 6.45) is 2.15. The third kappa shape index (κ3) is 3.96. The molecule has 10 heteroatoms. The molecule has 0 aliphatic carbocycles. The molecule has 0 unspecified atom stereocenters. The number of carbonyl (C=O) groups excluding carboxylic acids is 3. The van der Waals surface area contributed by atoms with Crippen LogP contribution in [0.4, 0.5) is 5.00 Å². The molecule has 26 heavy (non-hydrogen) atoms. The van der Waals surface area contributed by atoms with Gasteiger partial charge in [-0.15, -0.1) is 11.3 Å². The van der Waals surface area contributed by atoms with E-state index in [9.17, 15) is 14.4 Å². The highest BCUT2D eigenvalue weighted by molar-refractivity contribution is 9.10. The number of aromatic nitrogens is 2. The number of aryl methyl sites for hydroxylation is 1. The fourth-order valence-corrected chi connectivity index (χ4v) is 3.87. The van der Waals surface area contributed by atoms with E-state index in [4.69, 9.17) is 9.47 Å². The number of amides is 1. The van der Waals surface area contributed by atoms with E-state index >= 15 is 0 Å². The van der Waals surface area contributed by atoms with Crippen molar-refractivity contribution in [2.75, 3.05) is 19.0 Å². The predicted molar refractivity (Wildman–Crippen MR) is 99.8 cm³/mol. The van der Waals surface area contributed by atoms with Crippen molar-refractivity contribution in [2.24, 2.45) is 7.05 Å². The summed E-state index contributed by atoms with van der Waals surface area (Å²) in [5.41, 5.74) is 0.835. The van der Waals surface area contributed by atoms with E-state index in [0.29, 0.717) is 16.5 Å². The van der Waals surface area contributed by atoms with Crippen molar-refractivity contribution in [1.29, 1.82) is 0 Å². The number of anilines is 1. The number of halogens is 1. The van der Waals surface area contributed by atoms with Gasteiger partial charge >= 0.3 is 11.9 Å². The van der Waals surface area contributed by atoms with Gasteiger partial charge in [0.05, 0.1) is 29.9 Å². The number of nitrogens with zero attached hydrogens (tertiary/aromatic N) is 2. The van der Waals surface area contributed by atoms with Gasteiger partial charge in [0.1, 0.15) is 15.6 Å². The summed E-state index contributed by atoms with van der Waals surface area (Å²) in [6.45, 7) is 3.72. The van der Waals surface area contributed by atoms with Crippen LogP contribution in [0.1, 0.15) is 49.4 Å². The van der Waals surface area contributed by atoms with Gasteiger partial charge in [0.15, 0.2) is 0 Å². The monoisotopic (exact) mass is 443 g/mol. The lowest BCUT2D eigenvalue weighted by atomic mass is 10.1. The topological polar surface area (TPSA) is 99.5 Å². The SMILES string of the molecule is CCCOC(=O)c1c(NC(=O)c2c(Br)cnn2C)sc(C(=O)OC)c1C. The highest BCUT2D eigenvalue weighted by Gasteiger charge is 2.28. The van der Waals surface area contributed by atoms with E-state index in [1.807, 2.05) is 6.92 Å². The van der Waals surface area contributed by atoms with Crippen LogP contribution in [-0.2, 0) is 16.5 Å². The van der Waals surface area contributed by atoms with Gasteiger partial charge in [-0.25, -0.2) is 9.59 Å². The maximum atomic E-state index is 12.6. The number of carbonyl (C=O) groups is 3. The molecule has 0 radical (unpaired) electrons. The molecule has 0 atom stereocenters. The number of thiophene rings is 1. The second kappa shape index (κ2) is 8.45. The lowest BCUT2D eigenvalue weighted by Gasteiger charge is -2.08. The summed E-state index contributed by atoms with van der Waals surface area (Å²) < 4.78 is 11.8. The van der Waals surface area contributed by atoms with Gasteiger partial charge in [0, 0.05) is 7.05 Å². The molecule has 140 valence electrons. The third-order valence-corrected chi connectivity index (χ3v) is 5.26. The van der Waals surface area contributed by atoms with Crippen LogP contribution in [0.15, 0.2) is 10.7 Å². The molecular weight excluding hydrogens is 426 g/mol. The third-order valence-electron chi connectivity index (χ3n) is 3.50. The minimum atomic E-state index is -0.602. The number of ether oxygens (including phenoxy) is 2. The minimum Gasteiger partial charge on any atom is -0.465 e. The first-order valence-electron chi connectivity index (χ1n) is 7.69. The lowest BCUT2D eigenvalue weighted by molar-refractivity contribution is 0.0506. The summed E-state index contributed by atoms with van der Waals surface area (Å²) >= 11 is 4.23. The number of hydrogen-bond donors (Lipinski definition) is 1. The van der Waals surface area contributed by atoms with E-state index in [1.54, 1.807) is 14.0 Å². The van der Waals surface area contributed by atoms with Gasteiger partial charge in [-0.05, 0) is 34.8 Å². The van der Waals surface area contributed by atoms with Crippen LogP contribution in [0, 0.1) is 6.92 Å². The Labute approximate surface area is 162 Å². The molecule has 2 aromatic rings. The quantitative estimate of drug-likeness (QED) is 0.688. The smallest absolute Gasteiger partial charge is 0.348 e. The first-order valence-corrected chi connectivity index (χ1v) is 9.30. The van der Waals surface area contributed by atoms with Crippen LogP contribution < -0.4 is 5.32 Å². The van der Waals surface area contributed by atoms with Crippen LogP contribution in [0.25, 0.3) is 0 Å². The largest absolute Gasteiger partial charge is 0.465 e. The fourth-order valence-electron chi connectivity index (χ4n) is 2.23. The van der Waals surface area contributed by atoms with Crippen molar-refractivity contribution in [1.82, 2.24) is 9.78 Å². The van der Waals surface area contributed by atoms with E-state index in [2.05, 4.69) is 26.3 Å². The molecule has 0 saturated heterocycles. The summed E-state index contributed by atoms with van der Waals surface area (Å²) in [5, 5.41) is 6.88. The molecule has 0 saturated carbocycles. The molecule has 0 spiro atoms. The van der Waals surface area contributed by atoms with Gasteiger partial charge in [-0.2, -0.15) is 5.10 Å². The zero-order valence-electron chi connectivity index (χ0n) is 14.7. The molecule has 0 fully saturated rings. The Morgan fingerprint density at radius 3 is 2.58 bits per heavy atom. The van der Waals surface area contributed by atoms with Gasteiger partial charge < -0.3 is 14.8 Å². The Hall–Kier alpha value is -2.20. The average molecular weight is 444 g/mol. The van der Waals surface area contributed by atoms with Crippen molar-refractivity contribution in [3.8, 4) is 0 Å². The van der Waals surface area contributed by atoms with Crippen molar-refractivity contribution >= 4 is 50.1 Å². The standard InChI is InChI=1S/C16H18BrN3O5S/c1-5-6-25-15(22)10-8(2)12(16(23)24-4)26-14(10)19-13(21)11-9(17)7-18-20(11)3/h7H,5-6H2,1-4H3,(H,19,21). The van der Waals surface area contributed by atoms with E-state index in [1.165, 1.54) is 18.0 Å². The number of rotatable bonds is 6. The number of hydrogen-bond acceptors (Lipinski definition) is 7. The minimum absolute atomic E-state index is 0.149. The molecule has 0 aromatic carbocycles. The second-order valence-corrected chi connectivity index (χ2v) is 7.18. The van der Waals surface area contributed by atoms with Crippen molar-refractivity contribution in [3.63, 3.8) is 0 Å². The van der Waals surface area contributed by atoms with E-state index in [-0.39, 0.29) is 27.7 Å².